The molecule has 22 heavy (non-hydrogen) atoms. The molecule has 0 bridgehead atoms. The van der Waals surface area contributed by atoms with Crippen LogP contribution in [0.3, 0.4) is 0 Å². The molecule has 3 rings (SSSR count). The number of anilines is 1. The summed E-state index contributed by atoms with van der Waals surface area (Å²) < 4.78 is 0. The van der Waals surface area contributed by atoms with Gasteiger partial charge in [0.05, 0.1) is 6.04 Å². The smallest absolute Gasteiger partial charge is 0.225 e. The van der Waals surface area contributed by atoms with Gasteiger partial charge in [0.25, 0.3) is 0 Å². The van der Waals surface area contributed by atoms with Crippen molar-refractivity contribution in [3.8, 4) is 0 Å². The van der Waals surface area contributed by atoms with E-state index in [4.69, 9.17) is 0 Å². The summed E-state index contributed by atoms with van der Waals surface area (Å²) in [5.74, 6) is 2.13. The summed E-state index contributed by atoms with van der Waals surface area (Å²) in [4.78, 5) is 23.1. The van der Waals surface area contributed by atoms with Crippen molar-refractivity contribution in [1.82, 2.24) is 15.3 Å². The van der Waals surface area contributed by atoms with E-state index in [0.29, 0.717) is 18.3 Å². The van der Waals surface area contributed by atoms with Gasteiger partial charge < -0.3 is 10.2 Å². The lowest BCUT2D eigenvalue weighted by atomic mass is 9.82. The van der Waals surface area contributed by atoms with Crippen LogP contribution in [0.5, 0.6) is 0 Å². The van der Waals surface area contributed by atoms with Crippen LogP contribution in [-0.2, 0) is 4.79 Å². The van der Waals surface area contributed by atoms with Crippen molar-refractivity contribution < 1.29 is 4.79 Å². The summed E-state index contributed by atoms with van der Waals surface area (Å²) in [5, 5.41) is 3.28. The average molecular weight is 302 g/mol. The molecular formula is C17H26N4O. The molecule has 5 heteroatoms. The minimum atomic E-state index is 0.228. The van der Waals surface area contributed by atoms with E-state index in [1.807, 2.05) is 6.07 Å². The van der Waals surface area contributed by atoms with Gasteiger partial charge in [0.2, 0.25) is 11.9 Å². The van der Waals surface area contributed by atoms with E-state index >= 15 is 0 Å². The zero-order chi connectivity index (χ0) is 15.4. The zero-order valence-electron chi connectivity index (χ0n) is 13.4. The maximum Gasteiger partial charge on any atom is 0.225 e. The second-order valence-corrected chi connectivity index (χ2v) is 6.68. The lowest BCUT2D eigenvalue weighted by Crippen LogP contribution is -2.41. The summed E-state index contributed by atoms with van der Waals surface area (Å²) in [6.45, 7) is 3.96. The highest BCUT2D eigenvalue weighted by Crippen LogP contribution is 2.30. The second-order valence-electron chi connectivity index (χ2n) is 6.68. The standard InChI is InChI=1S/C17H26N4O/c1-2-5-14-11-21(17-18-8-4-9-19-17)12-15(14)20-16(22)10-13-6-3-7-13/h4,8-9,13-15H,2-3,5-7,10-12H2,1H3,(H,20,22)/t14-,15-/m1/s1. The highest BCUT2D eigenvalue weighted by atomic mass is 16.1. The van der Waals surface area contributed by atoms with Crippen LogP contribution >= 0.6 is 0 Å². The molecule has 5 nitrogen and oxygen atoms in total. The van der Waals surface area contributed by atoms with Gasteiger partial charge in [0, 0.05) is 31.9 Å². The van der Waals surface area contributed by atoms with Crippen LogP contribution in [0.15, 0.2) is 18.5 Å². The number of hydrogen-bond donors (Lipinski definition) is 1. The molecule has 1 amide bonds. The normalized spacial score (nSPS) is 25.0. The van der Waals surface area contributed by atoms with Crippen molar-refractivity contribution in [2.45, 2.75) is 51.5 Å². The van der Waals surface area contributed by atoms with Gasteiger partial charge in [-0.3, -0.25) is 4.79 Å². The second kappa shape index (κ2) is 7.07. The Morgan fingerprint density at radius 1 is 1.32 bits per heavy atom. The molecule has 1 saturated heterocycles. The number of aromatic nitrogens is 2. The van der Waals surface area contributed by atoms with E-state index in [1.165, 1.54) is 19.3 Å². The van der Waals surface area contributed by atoms with Crippen LogP contribution < -0.4 is 10.2 Å². The van der Waals surface area contributed by atoms with E-state index in [0.717, 1.165) is 31.9 Å². The van der Waals surface area contributed by atoms with Gasteiger partial charge in [-0.25, -0.2) is 9.97 Å². The molecule has 0 unspecified atom stereocenters. The minimum absolute atomic E-state index is 0.228. The van der Waals surface area contributed by atoms with Gasteiger partial charge in [-0.15, -0.1) is 0 Å². The first-order valence-electron chi connectivity index (χ1n) is 8.57. The molecule has 2 heterocycles. The highest BCUT2D eigenvalue weighted by Gasteiger charge is 2.34. The van der Waals surface area contributed by atoms with E-state index in [-0.39, 0.29) is 11.9 Å². The third kappa shape index (κ3) is 3.57. The number of rotatable bonds is 6. The molecular weight excluding hydrogens is 276 g/mol. The zero-order valence-corrected chi connectivity index (χ0v) is 13.4. The number of carbonyl (C=O) groups is 1. The molecule has 0 aromatic carbocycles. The number of nitrogens with zero attached hydrogens (tertiary/aromatic N) is 3. The quantitative estimate of drug-likeness (QED) is 0.876. The van der Waals surface area contributed by atoms with Crippen molar-refractivity contribution in [3.05, 3.63) is 18.5 Å². The monoisotopic (exact) mass is 302 g/mol. The Morgan fingerprint density at radius 3 is 2.73 bits per heavy atom. The molecule has 1 N–H and O–H groups in total. The summed E-state index contributed by atoms with van der Waals surface area (Å²) in [7, 11) is 0. The molecule has 2 fully saturated rings. The SMILES string of the molecule is CCC[C@@H]1CN(c2ncccn2)C[C@H]1NC(=O)CC1CCC1. The first-order valence-corrected chi connectivity index (χ1v) is 8.57. The van der Waals surface area contributed by atoms with Crippen LogP contribution in [-0.4, -0.2) is 35.0 Å². The Kier molecular flexibility index (Phi) is 4.90. The van der Waals surface area contributed by atoms with Crippen LogP contribution in [0.1, 0.15) is 45.4 Å². The summed E-state index contributed by atoms with van der Waals surface area (Å²) in [6.07, 6.45) is 10.3. The van der Waals surface area contributed by atoms with E-state index in [9.17, 15) is 4.79 Å². The maximum absolute atomic E-state index is 12.2. The van der Waals surface area contributed by atoms with Crippen molar-refractivity contribution in [2.24, 2.45) is 11.8 Å². The number of hydrogen-bond acceptors (Lipinski definition) is 4. The van der Waals surface area contributed by atoms with E-state index < -0.39 is 0 Å². The van der Waals surface area contributed by atoms with Crippen molar-refractivity contribution in [3.63, 3.8) is 0 Å². The topological polar surface area (TPSA) is 58.1 Å². The molecule has 1 aromatic rings. The van der Waals surface area contributed by atoms with Gasteiger partial charge in [0.15, 0.2) is 0 Å². The van der Waals surface area contributed by atoms with E-state index in [1.54, 1.807) is 12.4 Å². The van der Waals surface area contributed by atoms with Gasteiger partial charge >= 0.3 is 0 Å². The molecule has 120 valence electrons. The summed E-state index contributed by atoms with van der Waals surface area (Å²) >= 11 is 0. The molecule has 1 aromatic heterocycles. The van der Waals surface area contributed by atoms with Gasteiger partial charge in [-0.1, -0.05) is 19.8 Å². The fraction of sp³-hybridized carbons (Fsp3) is 0.706. The summed E-state index contributed by atoms with van der Waals surface area (Å²) in [6, 6.07) is 2.07. The predicted octanol–water partition coefficient (Wildman–Crippen LogP) is 2.39. The molecule has 0 spiro atoms. The first kappa shape index (κ1) is 15.3. The Balaban J connectivity index is 1.59. The third-order valence-electron chi connectivity index (χ3n) is 4.98. The van der Waals surface area contributed by atoms with E-state index in [2.05, 4.69) is 27.1 Å². The largest absolute Gasteiger partial charge is 0.351 e. The third-order valence-corrected chi connectivity index (χ3v) is 4.98. The van der Waals surface area contributed by atoms with Gasteiger partial charge in [-0.2, -0.15) is 0 Å². The van der Waals surface area contributed by atoms with Gasteiger partial charge in [0.1, 0.15) is 0 Å². The Hall–Kier alpha value is -1.65. The maximum atomic E-state index is 12.2. The van der Waals surface area contributed by atoms with Crippen molar-refractivity contribution >= 4 is 11.9 Å². The summed E-state index contributed by atoms with van der Waals surface area (Å²) in [5.41, 5.74) is 0. The van der Waals surface area contributed by atoms with Gasteiger partial charge in [-0.05, 0) is 37.2 Å². The minimum Gasteiger partial charge on any atom is -0.351 e. The Morgan fingerprint density at radius 2 is 2.09 bits per heavy atom. The fourth-order valence-electron chi connectivity index (χ4n) is 3.54. The lowest BCUT2D eigenvalue weighted by molar-refractivity contribution is -0.123. The van der Waals surface area contributed by atoms with Crippen LogP contribution in [0, 0.1) is 11.8 Å². The predicted molar refractivity (Wildman–Crippen MR) is 86.5 cm³/mol. The number of nitrogens with one attached hydrogen (secondary N) is 1. The molecule has 2 aliphatic rings. The Bertz CT molecular complexity index is 489. The lowest BCUT2D eigenvalue weighted by Gasteiger charge is -2.26. The highest BCUT2D eigenvalue weighted by molar-refractivity contribution is 5.76. The fourth-order valence-corrected chi connectivity index (χ4v) is 3.54. The number of carbonyl (C=O) groups excluding carboxylic acids is 1. The van der Waals surface area contributed by atoms with Crippen LogP contribution in [0.2, 0.25) is 0 Å². The molecule has 1 aliphatic carbocycles. The van der Waals surface area contributed by atoms with Crippen molar-refractivity contribution in [2.75, 3.05) is 18.0 Å². The average Bonchev–Trinajstić information content (AvgIpc) is 2.87. The molecule has 0 radical (unpaired) electrons. The van der Waals surface area contributed by atoms with Crippen molar-refractivity contribution in [1.29, 1.82) is 0 Å². The Labute approximate surface area is 132 Å². The molecule has 2 atom stereocenters. The number of amides is 1. The molecule has 1 aliphatic heterocycles. The van der Waals surface area contributed by atoms with Crippen LogP contribution in [0.25, 0.3) is 0 Å². The first-order chi connectivity index (χ1) is 10.8. The van der Waals surface area contributed by atoms with Crippen LogP contribution in [0.4, 0.5) is 5.95 Å². The molecule has 1 saturated carbocycles.